The van der Waals surface area contributed by atoms with Crippen molar-refractivity contribution < 1.29 is 15.0 Å². The highest BCUT2D eigenvalue weighted by Gasteiger charge is 2.27. The summed E-state index contributed by atoms with van der Waals surface area (Å²) in [6.45, 7) is 3.29. The normalized spacial score (nSPS) is 15.0. The highest BCUT2D eigenvalue weighted by atomic mass is 16.4. The fraction of sp³-hybridized carbons (Fsp3) is 0.833. The summed E-state index contributed by atoms with van der Waals surface area (Å²) in [4.78, 5) is 12.8. The average Bonchev–Trinajstić information content (AvgIpc) is 1.98. The fourth-order valence-electron chi connectivity index (χ4n) is 0.684. The number of carboxylic acid groups (broad SMARTS) is 1. The Hall–Kier alpha value is -1.26. The van der Waals surface area contributed by atoms with E-state index in [1.54, 1.807) is 13.8 Å². The van der Waals surface area contributed by atoms with Gasteiger partial charge in [-0.25, -0.2) is 0 Å². The average molecular weight is 173 g/mol. The Morgan fingerprint density at radius 3 is 2.33 bits per heavy atom. The maximum absolute atomic E-state index is 10.4. The van der Waals surface area contributed by atoms with E-state index in [1.807, 2.05) is 0 Å². The summed E-state index contributed by atoms with van der Waals surface area (Å²) in [7, 11) is 0. The molecule has 0 saturated heterocycles. The molecule has 0 aromatic heterocycles. The second kappa shape index (κ2) is 4.58. The summed E-state index contributed by atoms with van der Waals surface area (Å²) in [6.07, 6.45) is -1.14. The molecule has 0 heterocycles. The predicted molar refractivity (Wildman–Crippen MR) is 41.4 cm³/mol. The molecule has 12 heavy (non-hydrogen) atoms. The molecule has 6 heteroatoms. The lowest BCUT2D eigenvalue weighted by Gasteiger charge is -2.17. The smallest absolute Gasteiger partial charge is 0.315 e. The van der Waals surface area contributed by atoms with E-state index >= 15 is 0 Å². The van der Waals surface area contributed by atoms with E-state index in [2.05, 4.69) is 10.0 Å². The number of aliphatic carboxylic acids is 1. The van der Waals surface area contributed by atoms with Crippen LogP contribution >= 0.6 is 0 Å². The minimum absolute atomic E-state index is 0.253. The lowest BCUT2D eigenvalue weighted by Crippen LogP contribution is -2.35. The molecule has 0 aromatic carbocycles. The summed E-state index contributed by atoms with van der Waals surface area (Å²) >= 11 is 0. The Kier molecular flexibility index (Phi) is 4.10. The minimum atomic E-state index is -1.39. The number of aliphatic hydroxyl groups is 1. The summed E-state index contributed by atoms with van der Waals surface area (Å²) < 4.78 is 0. The highest BCUT2D eigenvalue weighted by molar-refractivity contribution is 5.74. The number of carbonyl (C=O) groups is 1. The maximum atomic E-state index is 10.4. The second-order valence-electron chi connectivity index (χ2n) is 2.72. The van der Waals surface area contributed by atoms with Gasteiger partial charge in [-0.3, -0.25) is 4.79 Å². The number of carboxylic acids is 1. The van der Waals surface area contributed by atoms with Gasteiger partial charge in [-0.1, -0.05) is 19.0 Å². The van der Waals surface area contributed by atoms with Gasteiger partial charge in [-0.2, -0.15) is 0 Å². The molecule has 68 valence electrons. The van der Waals surface area contributed by atoms with Gasteiger partial charge in [0.1, 0.15) is 0 Å². The van der Waals surface area contributed by atoms with E-state index in [4.69, 9.17) is 10.6 Å². The topological polar surface area (TPSA) is 106 Å². The molecule has 0 aliphatic heterocycles. The minimum Gasteiger partial charge on any atom is -0.481 e. The third kappa shape index (κ3) is 2.77. The van der Waals surface area contributed by atoms with Gasteiger partial charge in [0.25, 0.3) is 0 Å². The number of nitrogens with zero attached hydrogens (tertiary/aromatic N) is 3. The number of hydrogen-bond donors (Lipinski definition) is 2. The van der Waals surface area contributed by atoms with Crippen LogP contribution in [0.25, 0.3) is 10.4 Å². The van der Waals surface area contributed by atoms with Crippen molar-refractivity contribution in [2.45, 2.75) is 26.0 Å². The second-order valence-corrected chi connectivity index (χ2v) is 2.72. The maximum Gasteiger partial charge on any atom is 0.315 e. The molecule has 0 spiro atoms. The number of azide groups is 1. The van der Waals surface area contributed by atoms with Crippen LogP contribution in [0.4, 0.5) is 0 Å². The highest BCUT2D eigenvalue weighted by Crippen LogP contribution is 2.09. The molecule has 2 atom stereocenters. The van der Waals surface area contributed by atoms with Crippen molar-refractivity contribution >= 4 is 5.97 Å². The molecule has 0 aliphatic rings. The van der Waals surface area contributed by atoms with Crippen LogP contribution in [0, 0.1) is 5.92 Å². The Morgan fingerprint density at radius 1 is 1.58 bits per heavy atom. The van der Waals surface area contributed by atoms with E-state index in [0.717, 1.165) is 0 Å². The van der Waals surface area contributed by atoms with Gasteiger partial charge in [-0.15, -0.1) is 0 Å². The van der Waals surface area contributed by atoms with Crippen LogP contribution in [0.1, 0.15) is 13.8 Å². The van der Waals surface area contributed by atoms with Crippen LogP contribution in [0.3, 0.4) is 0 Å². The van der Waals surface area contributed by atoms with Crippen LogP contribution in [0.2, 0.25) is 0 Å². The first-order valence-electron chi connectivity index (χ1n) is 3.45. The lowest BCUT2D eigenvalue weighted by atomic mass is 10.0. The predicted octanol–water partition coefficient (Wildman–Crippen LogP) is 0.767. The Morgan fingerprint density at radius 2 is 2.08 bits per heavy atom. The molecule has 6 nitrogen and oxygen atoms in total. The molecule has 0 fully saturated rings. The Bertz CT molecular complexity index is 208. The fourth-order valence-corrected chi connectivity index (χ4v) is 0.684. The van der Waals surface area contributed by atoms with E-state index in [9.17, 15) is 9.90 Å². The van der Waals surface area contributed by atoms with Crippen molar-refractivity contribution in [1.29, 1.82) is 0 Å². The largest absolute Gasteiger partial charge is 0.481 e. The first-order valence-corrected chi connectivity index (χ1v) is 3.45. The van der Waals surface area contributed by atoms with Crippen LogP contribution in [0.15, 0.2) is 5.11 Å². The summed E-state index contributed by atoms with van der Waals surface area (Å²) in [5, 5.41) is 20.7. The van der Waals surface area contributed by atoms with E-state index in [1.165, 1.54) is 0 Å². The van der Waals surface area contributed by atoms with Crippen LogP contribution in [-0.2, 0) is 4.79 Å². The van der Waals surface area contributed by atoms with Gasteiger partial charge in [-0.05, 0) is 11.4 Å². The van der Waals surface area contributed by atoms with E-state index in [0.29, 0.717) is 0 Å². The first-order chi connectivity index (χ1) is 5.50. The molecule has 0 aromatic rings. The third-order valence-corrected chi connectivity index (χ3v) is 1.44. The third-order valence-electron chi connectivity index (χ3n) is 1.44. The molecule has 0 bridgehead atoms. The van der Waals surface area contributed by atoms with Crippen molar-refractivity contribution in [1.82, 2.24) is 0 Å². The number of rotatable bonds is 4. The van der Waals surface area contributed by atoms with Gasteiger partial charge >= 0.3 is 5.97 Å². The van der Waals surface area contributed by atoms with Crippen LogP contribution in [-0.4, -0.2) is 28.3 Å². The van der Waals surface area contributed by atoms with Gasteiger partial charge in [0.15, 0.2) is 6.04 Å². The van der Waals surface area contributed by atoms with Gasteiger partial charge in [0, 0.05) is 4.91 Å². The molecule has 1 unspecified atom stereocenters. The molecule has 0 rings (SSSR count). The Labute approximate surface area is 69.4 Å². The van der Waals surface area contributed by atoms with E-state index in [-0.39, 0.29) is 5.92 Å². The zero-order valence-corrected chi connectivity index (χ0v) is 6.88. The van der Waals surface area contributed by atoms with Crippen molar-refractivity contribution in [2.24, 2.45) is 11.0 Å². The lowest BCUT2D eigenvalue weighted by molar-refractivity contribution is -0.141. The summed E-state index contributed by atoms with van der Waals surface area (Å²) in [5.41, 5.74) is 8.00. The van der Waals surface area contributed by atoms with Gasteiger partial charge < -0.3 is 10.2 Å². The van der Waals surface area contributed by atoms with Gasteiger partial charge in [0.2, 0.25) is 0 Å². The summed E-state index contributed by atoms with van der Waals surface area (Å²) in [5.74, 6) is -1.56. The quantitative estimate of drug-likeness (QED) is 0.372. The molecule has 0 aliphatic carbocycles. The molecular formula is C6H11N3O3. The van der Waals surface area contributed by atoms with Crippen molar-refractivity contribution in [3.05, 3.63) is 10.4 Å². The zero-order chi connectivity index (χ0) is 9.72. The SMILES string of the molecule is CC(C)[C@H](O)C(N=[N+]=[N-])C(=O)O. The first kappa shape index (κ1) is 10.7. The number of hydrogen-bond acceptors (Lipinski definition) is 3. The molecular weight excluding hydrogens is 162 g/mol. The molecule has 0 saturated carbocycles. The van der Waals surface area contributed by atoms with Crippen LogP contribution < -0.4 is 0 Å². The molecule has 0 amide bonds. The molecule has 2 N–H and O–H groups in total. The van der Waals surface area contributed by atoms with Crippen molar-refractivity contribution in [3.8, 4) is 0 Å². The standard InChI is InChI=1S/C6H11N3O3/c1-3(2)5(10)4(6(11)12)8-9-7/h3-5,10H,1-2H3,(H,11,12)/t4?,5-/m0/s1. The zero-order valence-electron chi connectivity index (χ0n) is 6.88. The van der Waals surface area contributed by atoms with Crippen molar-refractivity contribution in [2.75, 3.05) is 0 Å². The number of aliphatic hydroxyl groups excluding tert-OH is 1. The van der Waals surface area contributed by atoms with Gasteiger partial charge in [0.05, 0.1) is 6.10 Å². The van der Waals surface area contributed by atoms with Crippen molar-refractivity contribution in [3.63, 3.8) is 0 Å². The monoisotopic (exact) mass is 173 g/mol. The van der Waals surface area contributed by atoms with Crippen LogP contribution in [0.5, 0.6) is 0 Å². The Balaban J connectivity index is 4.50. The summed E-state index contributed by atoms with van der Waals surface area (Å²) in [6, 6.07) is -1.39. The molecule has 0 radical (unpaired) electrons. The van der Waals surface area contributed by atoms with E-state index < -0.39 is 18.1 Å².